The second kappa shape index (κ2) is 11.9. The van der Waals surface area contributed by atoms with Crippen molar-refractivity contribution in [3.63, 3.8) is 0 Å². The topological polar surface area (TPSA) is 118 Å². The summed E-state index contributed by atoms with van der Waals surface area (Å²) < 4.78 is 24.3. The number of fused-ring (bicyclic) bond motifs is 8. The van der Waals surface area contributed by atoms with Crippen LogP contribution in [-0.4, -0.2) is 46.9 Å². The van der Waals surface area contributed by atoms with Gasteiger partial charge in [-0.3, -0.25) is 0 Å². The van der Waals surface area contributed by atoms with Gasteiger partial charge in [0.15, 0.2) is 0 Å². The molecule has 8 rings (SSSR count). The Balaban J connectivity index is 0.000000197. The summed E-state index contributed by atoms with van der Waals surface area (Å²) in [6.07, 6.45) is 0. The number of rotatable bonds is 0. The number of phenols is 4. The molecule has 4 aromatic carbocycles. The van der Waals surface area contributed by atoms with Crippen LogP contribution in [-0.2, 0) is 32.5 Å². The lowest BCUT2D eigenvalue weighted by Crippen LogP contribution is -2.32. The zero-order valence-electron chi connectivity index (χ0n) is 33.9. The van der Waals surface area contributed by atoms with Gasteiger partial charge in [0.2, 0.25) is 0 Å². The second-order valence-electron chi connectivity index (χ2n) is 19.7. The fourth-order valence-corrected chi connectivity index (χ4v) is 8.70. The van der Waals surface area contributed by atoms with Crippen LogP contribution in [0.15, 0.2) is 48.5 Å². The normalized spacial score (nSPS) is 17.4. The van der Waals surface area contributed by atoms with Crippen LogP contribution in [0, 0.1) is 0 Å². The molecule has 0 amide bonds. The van der Waals surface area contributed by atoms with Crippen molar-refractivity contribution in [2.24, 2.45) is 0 Å². The van der Waals surface area contributed by atoms with E-state index in [1.165, 1.54) is 0 Å². The third-order valence-corrected chi connectivity index (χ3v) is 11.5. The minimum atomic E-state index is -0.776. The first-order valence-corrected chi connectivity index (χ1v) is 18.9. The van der Waals surface area contributed by atoms with Crippen molar-refractivity contribution in [2.75, 3.05) is 26.4 Å². The molecule has 288 valence electrons. The molecule has 2 spiro atoms. The summed E-state index contributed by atoms with van der Waals surface area (Å²) >= 11 is 0. The standard InChI is InChI=1S/C31H44O4.C15H12O4/c1-27(2,3)17-13-19(29(7,8)9)25-21(23(17)32)31(15-34-25)16-35-26-20(30(10,11)12)14-18(28(4,5)6)24(33)22(26)31;16-9-3-1-5-11-13(9)15(7-18-11)8-19-12-6-2-4-10(17)14(12)15/h13-14,32-33H,15-16H2,1-12H3;1-6,16-17H,7-8H2. The predicted octanol–water partition coefficient (Wildman–Crippen LogP) is 9.53. The molecule has 0 fully saturated rings. The molecule has 0 atom stereocenters. The molecule has 54 heavy (non-hydrogen) atoms. The first-order chi connectivity index (χ1) is 24.9. The van der Waals surface area contributed by atoms with E-state index in [4.69, 9.17) is 18.9 Å². The Hall–Kier alpha value is -4.72. The SMILES string of the molecule is CC(C)(C)c1cc(C(C)(C)C)c2c(c1O)C1(CO2)COc2c(C(C)(C)C)cc(C(C)(C)C)c(O)c21.Oc1cccc2c1C1(CO2)COc2cccc(O)c21. The Morgan fingerprint density at radius 3 is 1.07 bits per heavy atom. The lowest BCUT2D eigenvalue weighted by molar-refractivity contribution is 0.232. The molecule has 0 bridgehead atoms. The molecule has 8 nitrogen and oxygen atoms in total. The summed E-state index contributed by atoms with van der Waals surface area (Å²) in [7, 11) is 0. The molecular weight excluding hydrogens is 680 g/mol. The van der Waals surface area contributed by atoms with Crippen molar-refractivity contribution < 1.29 is 39.4 Å². The highest BCUT2D eigenvalue weighted by atomic mass is 16.5. The number of phenolic OH excluding ortho intramolecular Hbond substituents is 4. The Morgan fingerprint density at radius 2 is 0.741 bits per heavy atom. The van der Waals surface area contributed by atoms with Crippen molar-refractivity contribution in [3.8, 4) is 46.0 Å². The monoisotopic (exact) mass is 736 g/mol. The van der Waals surface area contributed by atoms with E-state index in [1.807, 2.05) is 12.1 Å². The van der Waals surface area contributed by atoms with Crippen LogP contribution in [0.25, 0.3) is 0 Å². The minimum Gasteiger partial charge on any atom is -0.507 e. The molecule has 4 aromatic rings. The van der Waals surface area contributed by atoms with E-state index < -0.39 is 10.8 Å². The van der Waals surface area contributed by atoms with Gasteiger partial charge in [0, 0.05) is 22.3 Å². The third kappa shape index (κ3) is 5.53. The van der Waals surface area contributed by atoms with Gasteiger partial charge in [-0.25, -0.2) is 0 Å². The van der Waals surface area contributed by atoms with E-state index in [2.05, 4.69) is 95.2 Å². The summed E-state index contributed by atoms with van der Waals surface area (Å²) in [4.78, 5) is 0. The van der Waals surface area contributed by atoms with E-state index >= 15 is 0 Å². The molecule has 0 aliphatic carbocycles. The molecule has 8 heteroatoms. The van der Waals surface area contributed by atoms with Crippen molar-refractivity contribution in [1.82, 2.24) is 0 Å². The average molecular weight is 737 g/mol. The molecule has 0 unspecified atom stereocenters. The second-order valence-corrected chi connectivity index (χ2v) is 19.7. The molecule has 4 aliphatic heterocycles. The van der Waals surface area contributed by atoms with Gasteiger partial charge >= 0.3 is 0 Å². The highest BCUT2D eigenvalue weighted by Crippen LogP contribution is 2.62. The number of hydrogen-bond acceptors (Lipinski definition) is 8. The average Bonchev–Trinajstić information content (AvgIpc) is 3.82. The molecule has 4 heterocycles. The molecule has 4 N–H and O–H groups in total. The number of hydrogen-bond donors (Lipinski definition) is 4. The van der Waals surface area contributed by atoms with Crippen LogP contribution < -0.4 is 18.9 Å². The van der Waals surface area contributed by atoms with Gasteiger partial charge in [0.1, 0.15) is 83.3 Å². The van der Waals surface area contributed by atoms with Gasteiger partial charge in [-0.2, -0.15) is 0 Å². The first kappa shape index (κ1) is 37.6. The van der Waals surface area contributed by atoms with Crippen LogP contribution in [0.4, 0.5) is 0 Å². The summed E-state index contributed by atoms with van der Waals surface area (Å²) in [6, 6.07) is 14.6. The Kier molecular flexibility index (Phi) is 8.28. The maximum atomic E-state index is 11.8. The maximum absolute atomic E-state index is 11.8. The smallest absolute Gasteiger partial charge is 0.131 e. The number of benzene rings is 4. The molecule has 0 saturated heterocycles. The predicted molar refractivity (Wildman–Crippen MR) is 211 cm³/mol. The van der Waals surface area contributed by atoms with Crippen molar-refractivity contribution in [3.05, 3.63) is 93.0 Å². The maximum Gasteiger partial charge on any atom is 0.131 e. The van der Waals surface area contributed by atoms with E-state index in [-0.39, 0.29) is 44.7 Å². The van der Waals surface area contributed by atoms with E-state index in [1.54, 1.807) is 24.3 Å². The quantitative estimate of drug-likeness (QED) is 0.141. The van der Waals surface area contributed by atoms with Gasteiger partial charge < -0.3 is 39.4 Å². The van der Waals surface area contributed by atoms with Crippen molar-refractivity contribution in [1.29, 1.82) is 0 Å². The molecule has 0 aromatic heterocycles. The Labute approximate surface area is 319 Å². The number of aromatic hydroxyl groups is 4. The molecule has 4 aliphatic rings. The zero-order chi connectivity index (χ0) is 39.6. The summed E-state index contributed by atoms with van der Waals surface area (Å²) in [6.45, 7) is 27.1. The van der Waals surface area contributed by atoms with E-state index in [0.29, 0.717) is 49.1 Å². The van der Waals surface area contributed by atoms with Crippen LogP contribution in [0.5, 0.6) is 46.0 Å². The minimum absolute atomic E-state index is 0.176. The fraction of sp³-hybridized carbons (Fsp3) is 0.478. The Morgan fingerprint density at radius 1 is 0.426 bits per heavy atom. The van der Waals surface area contributed by atoms with Gasteiger partial charge in [-0.05, 0) is 58.1 Å². The molecule has 0 saturated carbocycles. The lowest BCUT2D eigenvalue weighted by atomic mass is 9.69. The fourth-order valence-electron chi connectivity index (χ4n) is 8.70. The van der Waals surface area contributed by atoms with Crippen LogP contribution in [0.2, 0.25) is 0 Å². The van der Waals surface area contributed by atoms with Gasteiger partial charge in [-0.15, -0.1) is 0 Å². The van der Waals surface area contributed by atoms with Crippen molar-refractivity contribution in [2.45, 2.75) is 116 Å². The van der Waals surface area contributed by atoms with Crippen LogP contribution >= 0.6 is 0 Å². The highest BCUT2D eigenvalue weighted by molar-refractivity contribution is 5.73. The van der Waals surface area contributed by atoms with Gasteiger partial charge in [0.25, 0.3) is 0 Å². The lowest BCUT2D eigenvalue weighted by Gasteiger charge is -2.32. The summed E-state index contributed by atoms with van der Waals surface area (Å²) in [5.74, 6) is 3.64. The van der Waals surface area contributed by atoms with Gasteiger partial charge in [-0.1, -0.05) is 95.2 Å². The highest BCUT2D eigenvalue weighted by Gasteiger charge is 2.56. The first-order valence-electron chi connectivity index (χ1n) is 18.9. The molecule has 0 radical (unpaired) electrons. The van der Waals surface area contributed by atoms with E-state index in [0.717, 1.165) is 44.9 Å². The van der Waals surface area contributed by atoms with Gasteiger partial charge in [0.05, 0.1) is 22.3 Å². The van der Waals surface area contributed by atoms with Crippen LogP contribution in [0.1, 0.15) is 128 Å². The summed E-state index contributed by atoms with van der Waals surface area (Å²) in [5, 5.41) is 43.9. The van der Waals surface area contributed by atoms with Crippen molar-refractivity contribution >= 4 is 0 Å². The number of ether oxygens (including phenoxy) is 4. The zero-order valence-corrected chi connectivity index (χ0v) is 33.9. The summed E-state index contributed by atoms with van der Waals surface area (Å²) in [5.41, 5.74) is 4.57. The largest absolute Gasteiger partial charge is 0.507 e. The van der Waals surface area contributed by atoms with E-state index in [9.17, 15) is 20.4 Å². The molecular formula is C46H56O8. The third-order valence-electron chi connectivity index (χ3n) is 11.5. The van der Waals surface area contributed by atoms with Crippen LogP contribution in [0.3, 0.4) is 0 Å². The Bertz CT molecular complexity index is 2010.